The number of aryl methyl sites for hydroxylation is 2. The number of hydrogen-bond acceptors (Lipinski definition) is 5. The van der Waals surface area contributed by atoms with E-state index < -0.39 is 15.9 Å². The molecule has 2 aromatic rings. The number of sulfonamides is 1. The molecule has 8 nitrogen and oxygen atoms in total. The summed E-state index contributed by atoms with van der Waals surface area (Å²) in [5.74, 6) is -0.686. The van der Waals surface area contributed by atoms with Crippen LogP contribution in [0.5, 0.6) is 5.75 Å². The van der Waals surface area contributed by atoms with Gasteiger partial charge in [0.2, 0.25) is 15.9 Å². The Bertz CT molecular complexity index is 1200. The first-order valence-electron chi connectivity index (χ1n) is 10.3. The van der Waals surface area contributed by atoms with Gasteiger partial charge in [-0.15, -0.1) is 0 Å². The van der Waals surface area contributed by atoms with Crippen LogP contribution in [0.15, 0.2) is 35.2 Å². The lowest BCUT2D eigenvalue weighted by Crippen LogP contribution is -2.43. The molecular weight excluding hydrogens is 454 g/mol. The molecule has 2 amide bonds. The molecule has 0 saturated carbocycles. The molecule has 32 heavy (non-hydrogen) atoms. The second-order valence-corrected chi connectivity index (χ2v) is 10.4. The Hall–Kier alpha value is -2.62. The third-order valence-corrected chi connectivity index (χ3v) is 8.14. The number of carbonyl (C=O) groups excluding carboxylic acids is 2. The van der Waals surface area contributed by atoms with Crippen LogP contribution in [0.4, 0.5) is 11.4 Å². The van der Waals surface area contributed by atoms with Gasteiger partial charge >= 0.3 is 0 Å². The quantitative estimate of drug-likeness (QED) is 0.702. The molecule has 1 unspecified atom stereocenters. The van der Waals surface area contributed by atoms with Gasteiger partial charge in [0, 0.05) is 29.9 Å². The first kappa shape index (κ1) is 22.6. The maximum Gasteiger partial charge on any atom is 0.262 e. The van der Waals surface area contributed by atoms with Gasteiger partial charge in [0.15, 0.2) is 6.61 Å². The van der Waals surface area contributed by atoms with E-state index in [0.717, 1.165) is 5.56 Å². The van der Waals surface area contributed by atoms with Crippen LogP contribution in [-0.2, 0) is 19.6 Å². The summed E-state index contributed by atoms with van der Waals surface area (Å²) in [6.45, 7) is 3.80. The Kier molecular flexibility index (Phi) is 6.15. The molecule has 1 atom stereocenters. The predicted octanol–water partition coefficient (Wildman–Crippen LogP) is 3.33. The van der Waals surface area contributed by atoms with E-state index in [0.29, 0.717) is 47.1 Å². The number of nitrogens with one attached hydrogen (secondary N) is 2. The summed E-state index contributed by atoms with van der Waals surface area (Å²) in [6, 6.07) is 8.30. The summed E-state index contributed by atoms with van der Waals surface area (Å²) in [6.07, 6.45) is 1.16. The highest BCUT2D eigenvalue weighted by atomic mass is 35.5. The molecule has 2 aliphatic rings. The molecule has 0 spiro atoms. The number of ether oxygens (including phenoxy) is 1. The predicted molar refractivity (Wildman–Crippen MR) is 122 cm³/mol. The lowest BCUT2D eigenvalue weighted by atomic mass is 9.98. The van der Waals surface area contributed by atoms with Crippen molar-refractivity contribution in [2.24, 2.45) is 5.92 Å². The number of amides is 2. The number of piperidine rings is 1. The average Bonchev–Trinajstić information content (AvgIpc) is 2.75. The maximum atomic E-state index is 13.4. The summed E-state index contributed by atoms with van der Waals surface area (Å²) in [7, 11) is -3.85. The number of anilines is 2. The molecule has 170 valence electrons. The lowest BCUT2D eigenvalue weighted by Gasteiger charge is -2.32. The van der Waals surface area contributed by atoms with E-state index in [1.807, 2.05) is 13.0 Å². The van der Waals surface area contributed by atoms with Crippen LogP contribution in [0, 0.1) is 19.8 Å². The van der Waals surface area contributed by atoms with Crippen molar-refractivity contribution >= 4 is 44.8 Å². The van der Waals surface area contributed by atoms with Gasteiger partial charge in [-0.3, -0.25) is 9.59 Å². The van der Waals surface area contributed by atoms with Crippen molar-refractivity contribution in [2.75, 3.05) is 30.3 Å². The van der Waals surface area contributed by atoms with Crippen molar-refractivity contribution in [2.45, 2.75) is 31.6 Å². The highest BCUT2D eigenvalue weighted by molar-refractivity contribution is 7.89. The number of rotatable bonds is 4. The average molecular weight is 478 g/mol. The smallest absolute Gasteiger partial charge is 0.262 e. The molecule has 10 heteroatoms. The molecule has 2 aromatic carbocycles. The second kappa shape index (κ2) is 8.73. The summed E-state index contributed by atoms with van der Waals surface area (Å²) in [5, 5.41) is 6.07. The van der Waals surface area contributed by atoms with Crippen LogP contribution in [0.25, 0.3) is 0 Å². The lowest BCUT2D eigenvalue weighted by molar-refractivity contribution is -0.121. The van der Waals surface area contributed by atoms with Crippen LogP contribution in [0.3, 0.4) is 0 Å². The minimum absolute atomic E-state index is 0.0852. The monoisotopic (exact) mass is 477 g/mol. The summed E-state index contributed by atoms with van der Waals surface area (Å²) < 4.78 is 33.5. The van der Waals surface area contributed by atoms with E-state index in [-0.39, 0.29) is 29.9 Å². The molecular formula is C22H24ClN3O5S. The number of nitrogens with zero attached hydrogens (tertiary/aromatic N) is 1. The van der Waals surface area contributed by atoms with Crippen LogP contribution < -0.4 is 15.4 Å². The fourth-order valence-electron chi connectivity index (χ4n) is 3.92. The summed E-state index contributed by atoms with van der Waals surface area (Å²) >= 11 is 6.13. The first-order chi connectivity index (χ1) is 15.1. The van der Waals surface area contributed by atoms with Gasteiger partial charge in [0.1, 0.15) is 5.75 Å². The number of hydrogen-bond donors (Lipinski definition) is 2. The fourth-order valence-corrected chi connectivity index (χ4v) is 5.85. The third-order valence-electron chi connectivity index (χ3n) is 5.72. The van der Waals surface area contributed by atoms with Crippen molar-refractivity contribution < 1.29 is 22.7 Å². The molecule has 0 aliphatic carbocycles. The van der Waals surface area contributed by atoms with E-state index in [9.17, 15) is 18.0 Å². The Morgan fingerprint density at radius 3 is 2.75 bits per heavy atom. The van der Waals surface area contributed by atoms with Crippen molar-refractivity contribution in [3.63, 3.8) is 0 Å². The van der Waals surface area contributed by atoms with Gasteiger partial charge in [0.05, 0.1) is 16.5 Å². The van der Waals surface area contributed by atoms with Crippen LogP contribution in [0.1, 0.15) is 24.0 Å². The molecule has 1 saturated heterocycles. The zero-order chi connectivity index (χ0) is 23.0. The molecule has 4 rings (SSSR count). The molecule has 2 N–H and O–H groups in total. The Labute approximate surface area is 191 Å². The van der Waals surface area contributed by atoms with Crippen molar-refractivity contribution in [3.05, 3.63) is 46.5 Å². The minimum atomic E-state index is -3.85. The van der Waals surface area contributed by atoms with Gasteiger partial charge in [-0.1, -0.05) is 17.7 Å². The molecule has 0 aromatic heterocycles. The Morgan fingerprint density at radius 2 is 2.00 bits per heavy atom. The van der Waals surface area contributed by atoms with E-state index >= 15 is 0 Å². The number of halogens is 1. The first-order valence-corrected chi connectivity index (χ1v) is 12.1. The van der Waals surface area contributed by atoms with Crippen molar-refractivity contribution in [1.29, 1.82) is 0 Å². The van der Waals surface area contributed by atoms with Gasteiger partial charge < -0.3 is 15.4 Å². The summed E-state index contributed by atoms with van der Waals surface area (Å²) in [5.41, 5.74) is 2.43. The largest absolute Gasteiger partial charge is 0.482 e. The zero-order valence-electron chi connectivity index (χ0n) is 17.8. The molecule has 2 heterocycles. The van der Waals surface area contributed by atoms with E-state index in [1.54, 1.807) is 25.1 Å². The minimum Gasteiger partial charge on any atom is -0.482 e. The number of fused-ring (bicyclic) bond motifs is 1. The van der Waals surface area contributed by atoms with Crippen molar-refractivity contribution in [1.82, 2.24) is 4.31 Å². The SMILES string of the molecule is Cc1ccc(NC(=O)C2CCCN(S(=O)(=O)c3cc4c(cc3C)NC(=O)CO4)C2)cc1Cl. The van der Waals surface area contributed by atoms with Gasteiger partial charge in [0.25, 0.3) is 5.91 Å². The topological polar surface area (TPSA) is 105 Å². The highest BCUT2D eigenvalue weighted by Crippen LogP contribution is 2.35. The molecule has 0 bridgehead atoms. The zero-order valence-corrected chi connectivity index (χ0v) is 19.3. The van der Waals surface area contributed by atoms with E-state index in [2.05, 4.69) is 10.6 Å². The van der Waals surface area contributed by atoms with E-state index in [1.165, 1.54) is 10.4 Å². The normalized spacial score (nSPS) is 19.0. The van der Waals surface area contributed by atoms with Crippen LogP contribution in [-0.4, -0.2) is 44.2 Å². The van der Waals surface area contributed by atoms with Gasteiger partial charge in [-0.05, 0) is 56.0 Å². The highest BCUT2D eigenvalue weighted by Gasteiger charge is 2.35. The van der Waals surface area contributed by atoms with E-state index in [4.69, 9.17) is 16.3 Å². The molecule has 0 radical (unpaired) electrons. The second-order valence-electron chi connectivity index (χ2n) is 8.11. The van der Waals surface area contributed by atoms with Crippen LogP contribution >= 0.6 is 11.6 Å². The molecule has 2 aliphatic heterocycles. The molecule has 1 fully saturated rings. The van der Waals surface area contributed by atoms with Crippen LogP contribution in [0.2, 0.25) is 5.02 Å². The standard InChI is InChI=1S/C22H24ClN3O5S/c1-13-5-6-16(9-17(13)23)24-22(28)15-4-3-7-26(11-15)32(29,30)20-10-19-18(8-14(20)2)25-21(27)12-31-19/h5-6,8-10,15H,3-4,7,11-12H2,1-2H3,(H,24,28)(H,25,27). The maximum absolute atomic E-state index is 13.4. The van der Waals surface area contributed by atoms with Crippen molar-refractivity contribution in [3.8, 4) is 5.75 Å². The number of benzene rings is 2. The number of carbonyl (C=O) groups is 2. The Morgan fingerprint density at radius 1 is 1.22 bits per heavy atom. The third kappa shape index (κ3) is 4.46. The Balaban J connectivity index is 1.53. The van der Waals surface area contributed by atoms with Gasteiger partial charge in [-0.25, -0.2) is 8.42 Å². The van der Waals surface area contributed by atoms with Gasteiger partial charge in [-0.2, -0.15) is 4.31 Å². The summed E-state index contributed by atoms with van der Waals surface area (Å²) in [4.78, 5) is 24.5. The fraction of sp³-hybridized carbons (Fsp3) is 0.364.